The fourth-order valence-corrected chi connectivity index (χ4v) is 4.22. The number of methoxy groups -OCH3 is 1. The number of halogens is 1. The second-order valence-corrected chi connectivity index (χ2v) is 7.56. The topological polar surface area (TPSA) is 74.2 Å². The minimum Gasteiger partial charge on any atom is -0.495 e. The maximum Gasteiger partial charge on any atom is 0.254 e. The number of carbonyl (C=O) groups is 1. The van der Waals surface area contributed by atoms with Crippen LogP contribution in [0.15, 0.2) is 70.4 Å². The lowest BCUT2D eigenvalue weighted by Gasteiger charge is -2.30. The molecule has 0 spiro atoms. The van der Waals surface area contributed by atoms with Crippen LogP contribution in [0.5, 0.6) is 5.75 Å². The number of hydrogen-bond donors (Lipinski definition) is 2. The number of nitriles is 1. The van der Waals surface area contributed by atoms with Gasteiger partial charge in [-0.25, -0.2) is 0 Å². The highest BCUT2D eigenvalue weighted by molar-refractivity contribution is 8.02. The van der Waals surface area contributed by atoms with E-state index < -0.39 is 5.92 Å². The molecule has 0 saturated heterocycles. The zero-order valence-electron chi connectivity index (χ0n) is 16.2. The van der Waals surface area contributed by atoms with Gasteiger partial charge < -0.3 is 15.4 Å². The molecule has 2 N–H and O–H groups in total. The quantitative estimate of drug-likeness (QED) is 0.701. The Morgan fingerprint density at radius 2 is 1.93 bits per heavy atom. The van der Waals surface area contributed by atoms with Crippen LogP contribution in [0.4, 0.5) is 5.69 Å². The van der Waals surface area contributed by atoms with E-state index in [4.69, 9.17) is 16.3 Å². The summed E-state index contributed by atoms with van der Waals surface area (Å²) in [6.45, 7) is 1.82. The highest BCUT2D eigenvalue weighted by Gasteiger charge is 2.35. The number of amides is 1. The third-order valence-corrected chi connectivity index (χ3v) is 5.74. The van der Waals surface area contributed by atoms with Crippen molar-refractivity contribution in [1.82, 2.24) is 5.32 Å². The Morgan fingerprint density at radius 3 is 2.59 bits per heavy atom. The van der Waals surface area contributed by atoms with Crippen molar-refractivity contribution in [3.63, 3.8) is 0 Å². The summed E-state index contributed by atoms with van der Waals surface area (Å²) in [5, 5.41) is 17.2. The Labute approximate surface area is 179 Å². The first kappa shape index (κ1) is 20.8. The molecule has 0 aromatic heterocycles. The lowest BCUT2D eigenvalue weighted by Crippen LogP contribution is -2.30. The SMILES string of the molecule is COc1ccccc1NC(=O)C1=C(C)NC(SC)=C(C#N)[C@@H]1c1ccccc1Cl. The number of nitrogens with one attached hydrogen (secondary N) is 2. The van der Waals surface area contributed by atoms with Crippen molar-refractivity contribution < 1.29 is 9.53 Å². The number of thioether (sulfide) groups is 1. The van der Waals surface area contributed by atoms with Crippen molar-refractivity contribution in [3.8, 4) is 11.8 Å². The molecule has 1 aliphatic rings. The van der Waals surface area contributed by atoms with Gasteiger partial charge in [0.15, 0.2) is 0 Å². The van der Waals surface area contributed by atoms with Crippen LogP contribution in [0.1, 0.15) is 18.4 Å². The van der Waals surface area contributed by atoms with Crippen molar-refractivity contribution in [2.75, 3.05) is 18.7 Å². The summed E-state index contributed by atoms with van der Waals surface area (Å²) in [5.74, 6) is -0.345. The minimum absolute atomic E-state index is 0.322. The summed E-state index contributed by atoms with van der Waals surface area (Å²) in [6, 6.07) is 16.7. The number of dihydropyridines is 1. The van der Waals surface area contributed by atoms with Gasteiger partial charge in [-0.3, -0.25) is 4.79 Å². The van der Waals surface area contributed by atoms with Crippen molar-refractivity contribution in [1.29, 1.82) is 5.26 Å². The predicted molar refractivity (Wildman–Crippen MR) is 118 cm³/mol. The van der Waals surface area contributed by atoms with E-state index in [-0.39, 0.29) is 5.91 Å². The first-order valence-corrected chi connectivity index (χ1v) is 10.5. The Hall–Kier alpha value is -2.88. The molecule has 0 bridgehead atoms. The normalized spacial score (nSPS) is 16.2. The predicted octanol–water partition coefficient (Wildman–Crippen LogP) is 5.05. The van der Waals surface area contributed by atoms with Gasteiger partial charge in [-0.05, 0) is 36.9 Å². The highest BCUT2D eigenvalue weighted by Crippen LogP contribution is 2.42. The maximum absolute atomic E-state index is 13.4. The van der Waals surface area contributed by atoms with Crippen molar-refractivity contribution in [2.24, 2.45) is 0 Å². The van der Waals surface area contributed by atoms with Crippen molar-refractivity contribution >= 4 is 35.0 Å². The van der Waals surface area contributed by atoms with Gasteiger partial charge in [0.1, 0.15) is 5.75 Å². The van der Waals surface area contributed by atoms with Crippen LogP contribution in [0.3, 0.4) is 0 Å². The number of carbonyl (C=O) groups excluding carboxylic acids is 1. The molecular weight excluding hydrogens is 406 g/mol. The molecule has 3 rings (SSSR count). The smallest absolute Gasteiger partial charge is 0.254 e. The zero-order valence-corrected chi connectivity index (χ0v) is 17.8. The third-order valence-electron chi connectivity index (χ3n) is 4.67. The lowest BCUT2D eigenvalue weighted by atomic mass is 9.82. The fourth-order valence-electron chi connectivity index (χ4n) is 3.33. The lowest BCUT2D eigenvalue weighted by molar-refractivity contribution is -0.113. The molecule has 0 aliphatic carbocycles. The van der Waals surface area contributed by atoms with E-state index in [1.807, 2.05) is 43.5 Å². The summed E-state index contributed by atoms with van der Waals surface area (Å²) in [7, 11) is 1.55. The van der Waals surface area contributed by atoms with E-state index in [1.165, 1.54) is 11.8 Å². The standard InChI is InChI=1S/C22H20ClN3O2S/c1-13-19(21(27)26-17-10-6-7-11-18(17)28-2)20(14-8-4-5-9-16(14)23)15(12-24)22(25-13)29-3/h4-11,20,25H,1-3H3,(H,26,27)/t20-/m0/s1. The molecule has 7 heteroatoms. The van der Waals surface area contributed by atoms with E-state index in [0.717, 1.165) is 0 Å². The Balaban J connectivity index is 2.11. The second kappa shape index (κ2) is 9.08. The Kier molecular flexibility index (Phi) is 6.53. The molecule has 1 aliphatic heterocycles. The van der Waals surface area contributed by atoms with Crippen LogP contribution >= 0.6 is 23.4 Å². The fraction of sp³-hybridized carbons (Fsp3) is 0.182. The van der Waals surface area contributed by atoms with Gasteiger partial charge in [0.25, 0.3) is 5.91 Å². The Morgan fingerprint density at radius 1 is 1.24 bits per heavy atom. The molecule has 1 atom stereocenters. The van der Waals surface area contributed by atoms with Crippen LogP contribution in [-0.2, 0) is 4.79 Å². The molecular formula is C22H20ClN3O2S. The van der Waals surface area contributed by atoms with Crippen molar-refractivity contribution in [3.05, 3.63) is 81.0 Å². The van der Waals surface area contributed by atoms with Crippen LogP contribution in [-0.4, -0.2) is 19.3 Å². The van der Waals surface area contributed by atoms with Crippen LogP contribution in [0.25, 0.3) is 0 Å². The van der Waals surface area contributed by atoms with Gasteiger partial charge in [-0.2, -0.15) is 5.26 Å². The summed E-state index contributed by atoms with van der Waals surface area (Å²) < 4.78 is 5.34. The van der Waals surface area contributed by atoms with Crippen molar-refractivity contribution in [2.45, 2.75) is 12.8 Å². The molecule has 0 unspecified atom stereocenters. The number of benzene rings is 2. The van der Waals surface area contributed by atoms with E-state index in [1.54, 1.807) is 25.3 Å². The summed E-state index contributed by atoms with van der Waals surface area (Å²) in [5.41, 5.74) is 2.84. The number of allylic oxidation sites excluding steroid dienone is 2. The number of ether oxygens (including phenoxy) is 1. The Bertz CT molecular complexity index is 1060. The van der Waals surface area contributed by atoms with Gasteiger partial charge >= 0.3 is 0 Å². The van der Waals surface area contributed by atoms with Gasteiger partial charge in [0.2, 0.25) is 0 Å². The van der Waals surface area contributed by atoms with E-state index in [9.17, 15) is 10.1 Å². The van der Waals surface area contributed by atoms with Gasteiger partial charge in [0, 0.05) is 16.3 Å². The molecule has 148 valence electrons. The molecule has 0 fully saturated rings. The molecule has 2 aromatic carbocycles. The molecule has 1 heterocycles. The first-order chi connectivity index (χ1) is 14.0. The molecule has 2 aromatic rings. The monoisotopic (exact) mass is 425 g/mol. The third kappa shape index (κ3) is 4.12. The van der Waals surface area contributed by atoms with E-state index in [2.05, 4.69) is 16.7 Å². The number of hydrogen-bond acceptors (Lipinski definition) is 5. The van der Waals surface area contributed by atoms with Crippen LogP contribution in [0.2, 0.25) is 5.02 Å². The number of anilines is 1. The number of para-hydroxylation sites is 2. The minimum atomic E-state index is -0.577. The number of rotatable bonds is 5. The van der Waals surface area contributed by atoms with Crippen LogP contribution in [0, 0.1) is 11.3 Å². The highest BCUT2D eigenvalue weighted by atomic mass is 35.5. The molecule has 1 amide bonds. The first-order valence-electron chi connectivity index (χ1n) is 8.86. The number of nitrogens with zero attached hydrogens (tertiary/aromatic N) is 1. The summed E-state index contributed by atoms with van der Waals surface area (Å²) in [4.78, 5) is 13.4. The molecule has 5 nitrogen and oxygen atoms in total. The van der Waals surface area contributed by atoms with E-state index in [0.29, 0.717) is 43.9 Å². The molecule has 0 radical (unpaired) electrons. The summed E-state index contributed by atoms with van der Waals surface area (Å²) >= 11 is 7.89. The largest absolute Gasteiger partial charge is 0.495 e. The maximum atomic E-state index is 13.4. The average molecular weight is 426 g/mol. The van der Waals surface area contributed by atoms with Crippen LogP contribution < -0.4 is 15.4 Å². The second-order valence-electron chi connectivity index (χ2n) is 6.33. The van der Waals surface area contributed by atoms with Gasteiger partial charge in [-0.1, -0.05) is 41.9 Å². The molecule has 29 heavy (non-hydrogen) atoms. The molecule has 0 saturated carbocycles. The van der Waals surface area contributed by atoms with Gasteiger partial charge in [-0.15, -0.1) is 11.8 Å². The summed E-state index contributed by atoms with van der Waals surface area (Å²) in [6.07, 6.45) is 1.89. The van der Waals surface area contributed by atoms with Gasteiger partial charge in [0.05, 0.1) is 35.4 Å². The zero-order chi connectivity index (χ0) is 21.0. The average Bonchev–Trinajstić information content (AvgIpc) is 2.73. The van der Waals surface area contributed by atoms with E-state index >= 15 is 0 Å².